The quantitative estimate of drug-likeness (QED) is 0.788. The first-order valence-corrected chi connectivity index (χ1v) is 7.44. The number of hydrogen-bond donors (Lipinski definition) is 2. The van der Waals surface area contributed by atoms with Crippen LogP contribution in [0.1, 0.15) is 52.9 Å². The zero-order valence-corrected chi connectivity index (χ0v) is 11.9. The van der Waals surface area contributed by atoms with Crippen molar-refractivity contribution in [1.29, 1.82) is 0 Å². The van der Waals surface area contributed by atoms with Crippen molar-refractivity contribution in [3.8, 4) is 0 Å². The van der Waals surface area contributed by atoms with Crippen LogP contribution < -0.4 is 10.6 Å². The third-order valence-corrected chi connectivity index (χ3v) is 5.94. The fourth-order valence-corrected chi connectivity index (χ4v) is 4.83. The maximum atomic E-state index is 11.2. The summed E-state index contributed by atoms with van der Waals surface area (Å²) in [5.74, 6) is 1.10. The SMILES string of the molecule is CC1(C)C(NC2CCC(=O)NC2)[C@]2(C)CC[C@H]1C2. The molecule has 2 bridgehead atoms. The Labute approximate surface area is 110 Å². The fourth-order valence-electron chi connectivity index (χ4n) is 4.83. The van der Waals surface area contributed by atoms with Crippen molar-refractivity contribution in [3.05, 3.63) is 0 Å². The lowest BCUT2D eigenvalue weighted by molar-refractivity contribution is -0.122. The van der Waals surface area contributed by atoms with E-state index in [1.54, 1.807) is 0 Å². The van der Waals surface area contributed by atoms with Crippen LogP contribution in [-0.2, 0) is 4.79 Å². The van der Waals surface area contributed by atoms with Crippen LogP contribution in [0.5, 0.6) is 0 Å². The van der Waals surface area contributed by atoms with Gasteiger partial charge in [0.25, 0.3) is 0 Å². The minimum atomic E-state index is 0.214. The van der Waals surface area contributed by atoms with E-state index in [2.05, 4.69) is 31.4 Å². The van der Waals surface area contributed by atoms with E-state index in [0.717, 1.165) is 18.9 Å². The highest BCUT2D eigenvalue weighted by Gasteiger charge is 2.59. The van der Waals surface area contributed by atoms with Gasteiger partial charge >= 0.3 is 0 Å². The van der Waals surface area contributed by atoms with Crippen molar-refractivity contribution in [2.45, 2.75) is 65.0 Å². The van der Waals surface area contributed by atoms with E-state index in [9.17, 15) is 4.79 Å². The van der Waals surface area contributed by atoms with Gasteiger partial charge in [0.15, 0.2) is 0 Å². The zero-order chi connectivity index (χ0) is 13.0. The molecule has 102 valence electrons. The van der Waals surface area contributed by atoms with Crippen LogP contribution in [0.3, 0.4) is 0 Å². The maximum absolute atomic E-state index is 11.2. The Hall–Kier alpha value is -0.570. The number of piperidine rings is 1. The molecule has 3 nitrogen and oxygen atoms in total. The molecule has 0 aromatic rings. The summed E-state index contributed by atoms with van der Waals surface area (Å²) in [4.78, 5) is 11.2. The summed E-state index contributed by atoms with van der Waals surface area (Å²) < 4.78 is 0. The number of rotatable bonds is 2. The number of nitrogens with one attached hydrogen (secondary N) is 2. The van der Waals surface area contributed by atoms with Gasteiger partial charge in [-0.1, -0.05) is 20.8 Å². The molecule has 0 aromatic carbocycles. The minimum Gasteiger partial charge on any atom is -0.355 e. The molecule has 3 heteroatoms. The highest BCUT2D eigenvalue weighted by atomic mass is 16.1. The number of amides is 1. The summed E-state index contributed by atoms with van der Waals surface area (Å²) >= 11 is 0. The van der Waals surface area contributed by atoms with Gasteiger partial charge in [0.05, 0.1) is 0 Å². The Morgan fingerprint density at radius 3 is 2.61 bits per heavy atom. The molecule has 3 fully saturated rings. The molecule has 1 amide bonds. The van der Waals surface area contributed by atoms with Crippen molar-refractivity contribution >= 4 is 5.91 Å². The monoisotopic (exact) mass is 250 g/mol. The van der Waals surface area contributed by atoms with Crippen LogP contribution in [-0.4, -0.2) is 24.5 Å². The summed E-state index contributed by atoms with van der Waals surface area (Å²) in [5, 5.41) is 6.87. The second kappa shape index (κ2) is 3.96. The summed E-state index contributed by atoms with van der Waals surface area (Å²) in [6, 6.07) is 1.09. The molecule has 2 saturated carbocycles. The van der Waals surface area contributed by atoms with Gasteiger partial charge in [-0.25, -0.2) is 0 Å². The van der Waals surface area contributed by atoms with Crippen LogP contribution in [0.25, 0.3) is 0 Å². The molecule has 3 rings (SSSR count). The Morgan fingerprint density at radius 2 is 2.06 bits per heavy atom. The lowest BCUT2D eigenvalue weighted by Crippen LogP contribution is -2.57. The number of hydrogen-bond acceptors (Lipinski definition) is 2. The average Bonchev–Trinajstić information content (AvgIpc) is 2.78. The first kappa shape index (κ1) is 12.5. The zero-order valence-electron chi connectivity index (χ0n) is 11.9. The van der Waals surface area contributed by atoms with Crippen LogP contribution >= 0.6 is 0 Å². The second-order valence-electron chi connectivity index (χ2n) is 7.55. The average molecular weight is 250 g/mol. The lowest BCUT2D eigenvalue weighted by Gasteiger charge is -2.45. The van der Waals surface area contributed by atoms with E-state index in [1.807, 2.05) is 0 Å². The third kappa shape index (κ3) is 1.78. The lowest BCUT2D eigenvalue weighted by atomic mass is 9.68. The van der Waals surface area contributed by atoms with Crippen molar-refractivity contribution in [2.75, 3.05) is 6.54 Å². The van der Waals surface area contributed by atoms with Crippen molar-refractivity contribution in [1.82, 2.24) is 10.6 Å². The molecule has 1 heterocycles. The molecule has 4 atom stereocenters. The van der Waals surface area contributed by atoms with Crippen molar-refractivity contribution in [2.24, 2.45) is 16.7 Å². The number of fused-ring (bicyclic) bond motifs is 2. The molecule has 2 N–H and O–H groups in total. The molecule has 1 aliphatic heterocycles. The topological polar surface area (TPSA) is 41.1 Å². The molecular formula is C15H26N2O. The summed E-state index contributed by atoms with van der Waals surface area (Å²) in [6.07, 6.45) is 5.85. The van der Waals surface area contributed by atoms with Gasteiger partial charge in [-0.3, -0.25) is 4.79 Å². The molecule has 0 aromatic heterocycles. The molecule has 0 spiro atoms. The Bertz CT molecular complexity index is 351. The molecule has 18 heavy (non-hydrogen) atoms. The second-order valence-corrected chi connectivity index (χ2v) is 7.55. The fraction of sp³-hybridized carbons (Fsp3) is 0.933. The van der Waals surface area contributed by atoms with Gasteiger partial charge in [-0.05, 0) is 42.4 Å². The van der Waals surface area contributed by atoms with Gasteiger partial charge in [-0.2, -0.15) is 0 Å². The van der Waals surface area contributed by atoms with E-state index in [4.69, 9.17) is 0 Å². The predicted molar refractivity (Wildman–Crippen MR) is 72.2 cm³/mol. The van der Waals surface area contributed by atoms with Gasteiger partial charge in [0.1, 0.15) is 0 Å². The molecule has 3 aliphatic rings. The van der Waals surface area contributed by atoms with E-state index >= 15 is 0 Å². The first-order chi connectivity index (χ1) is 8.42. The number of carbonyl (C=O) groups is 1. The van der Waals surface area contributed by atoms with Crippen molar-refractivity contribution in [3.63, 3.8) is 0 Å². The van der Waals surface area contributed by atoms with Gasteiger partial charge in [-0.15, -0.1) is 0 Å². The maximum Gasteiger partial charge on any atom is 0.220 e. The molecular weight excluding hydrogens is 224 g/mol. The van der Waals surface area contributed by atoms with Crippen LogP contribution in [0.15, 0.2) is 0 Å². The van der Waals surface area contributed by atoms with E-state index < -0.39 is 0 Å². The van der Waals surface area contributed by atoms with Gasteiger partial charge in [0, 0.05) is 25.0 Å². The Kier molecular flexibility index (Phi) is 2.74. The van der Waals surface area contributed by atoms with E-state index in [-0.39, 0.29) is 5.91 Å². The summed E-state index contributed by atoms with van der Waals surface area (Å²) in [5.41, 5.74) is 0.893. The van der Waals surface area contributed by atoms with E-state index in [0.29, 0.717) is 29.3 Å². The predicted octanol–water partition coefficient (Wildman–Crippen LogP) is 2.07. The summed E-state index contributed by atoms with van der Waals surface area (Å²) in [7, 11) is 0. The Morgan fingerprint density at radius 1 is 1.28 bits per heavy atom. The van der Waals surface area contributed by atoms with Gasteiger partial charge < -0.3 is 10.6 Å². The summed E-state index contributed by atoms with van der Waals surface area (Å²) in [6.45, 7) is 8.13. The van der Waals surface area contributed by atoms with E-state index in [1.165, 1.54) is 19.3 Å². The molecule has 1 saturated heterocycles. The van der Waals surface area contributed by atoms with Crippen LogP contribution in [0.2, 0.25) is 0 Å². The highest BCUT2D eigenvalue weighted by Crippen LogP contribution is 2.62. The Balaban J connectivity index is 1.70. The third-order valence-electron chi connectivity index (χ3n) is 5.94. The van der Waals surface area contributed by atoms with Crippen LogP contribution in [0.4, 0.5) is 0 Å². The first-order valence-electron chi connectivity index (χ1n) is 7.44. The normalized spacial score (nSPS) is 46.2. The van der Waals surface area contributed by atoms with Crippen LogP contribution in [0, 0.1) is 16.7 Å². The standard InChI is InChI=1S/C15H26N2O/c1-14(2)10-6-7-15(3,8-10)13(14)17-11-4-5-12(18)16-9-11/h10-11,13,17H,4-9H2,1-3H3,(H,16,18)/t10-,11?,13?,15+/m0/s1. The minimum absolute atomic E-state index is 0.214. The molecule has 0 radical (unpaired) electrons. The number of carbonyl (C=O) groups excluding carboxylic acids is 1. The molecule has 2 unspecified atom stereocenters. The highest BCUT2D eigenvalue weighted by molar-refractivity contribution is 5.76. The largest absolute Gasteiger partial charge is 0.355 e. The van der Waals surface area contributed by atoms with Crippen molar-refractivity contribution < 1.29 is 4.79 Å². The van der Waals surface area contributed by atoms with Gasteiger partial charge in [0.2, 0.25) is 5.91 Å². The smallest absolute Gasteiger partial charge is 0.220 e. The molecule has 2 aliphatic carbocycles.